The molecule has 1 aliphatic rings. The summed E-state index contributed by atoms with van der Waals surface area (Å²) in [4.78, 5) is 11.7. The van der Waals surface area contributed by atoms with Crippen LogP contribution in [-0.2, 0) is 4.74 Å². The van der Waals surface area contributed by atoms with Gasteiger partial charge in [-0.25, -0.2) is 4.98 Å². The minimum Gasteiger partial charge on any atom is -0.377 e. The molecule has 0 saturated carbocycles. The molecule has 1 aromatic rings. The minimum absolute atomic E-state index is 0.179. The third kappa shape index (κ3) is 3.58. The lowest BCUT2D eigenvalue weighted by Crippen LogP contribution is -2.47. The lowest BCUT2D eigenvalue weighted by Gasteiger charge is -2.38. The second-order valence-electron chi connectivity index (χ2n) is 6.17. The van der Waals surface area contributed by atoms with Crippen LogP contribution in [0.15, 0.2) is 12.2 Å². The molecule has 0 aromatic carbocycles. The van der Waals surface area contributed by atoms with Crippen LogP contribution in [0.1, 0.15) is 38.4 Å². The van der Waals surface area contributed by atoms with Gasteiger partial charge in [0, 0.05) is 23.8 Å². The van der Waals surface area contributed by atoms with Crippen LogP contribution in [0, 0.1) is 13.8 Å². The maximum atomic E-state index is 5.62. The zero-order valence-electron chi connectivity index (χ0n) is 14.4. The first-order valence-corrected chi connectivity index (χ1v) is 8.05. The maximum Gasteiger partial charge on any atom is 0.225 e. The molecule has 1 aromatic heterocycles. The van der Waals surface area contributed by atoms with Crippen LogP contribution < -0.4 is 10.2 Å². The van der Waals surface area contributed by atoms with E-state index in [1.165, 1.54) is 0 Å². The molecule has 2 unspecified atom stereocenters. The van der Waals surface area contributed by atoms with E-state index in [1.807, 2.05) is 13.8 Å². The molecule has 0 bridgehead atoms. The van der Waals surface area contributed by atoms with Gasteiger partial charge in [-0.15, -0.1) is 0 Å². The van der Waals surface area contributed by atoms with Crippen LogP contribution in [-0.4, -0.2) is 41.8 Å². The molecule has 1 saturated heterocycles. The Bertz CT molecular complexity index is 544. The van der Waals surface area contributed by atoms with Crippen molar-refractivity contribution in [1.29, 1.82) is 0 Å². The van der Waals surface area contributed by atoms with E-state index in [1.54, 1.807) is 0 Å². The van der Waals surface area contributed by atoms with Crippen molar-refractivity contribution in [3.05, 3.63) is 23.4 Å². The number of hydrogen-bond donors (Lipinski definition) is 1. The summed E-state index contributed by atoms with van der Waals surface area (Å²) >= 11 is 0. The van der Waals surface area contributed by atoms with Gasteiger partial charge in [0.05, 0.1) is 19.3 Å². The minimum atomic E-state index is 0.179. The molecule has 1 N–H and O–H groups in total. The average molecular weight is 304 g/mol. The standard InChI is InChI=1S/C17H28N4O/c1-7-12(4)18-17-19-14(6)13(5)16(20-17)21-8-9-22-10-15(21)11(2)3/h12,15H,2,7-10H2,1,3-6H3,(H,18,19,20). The van der Waals surface area contributed by atoms with Gasteiger partial charge in [-0.2, -0.15) is 4.98 Å². The Morgan fingerprint density at radius 1 is 1.45 bits per heavy atom. The lowest BCUT2D eigenvalue weighted by atomic mass is 10.1. The first kappa shape index (κ1) is 16.7. The molecule has 0 aliphatic carbocycles. The van der Waals surface area contributed by atoms with E-state index in [2.05, 4.69) is 42.6 Å². The third-order valence-electron chi connectivity index (χ3n) is 4.32. The molecule has 1 fully saturated rings. The summed E-state index contributed by atoms with van der Waals surface area (Å²) in [7, 11) is 0. The van der Waals surface area contributed by atoms with Crippen molar-refractivity contribution < 1.29 is 4.74 Å². The summed E-state index contributed by atoms with van der Waals surface area (Å²) < 4.78 is 5.62. The number of aryl methyl sites for hydroxylation is 1. The van der Waals surface area contributed by atoms with Crippen molar-refractivity contribution in [3.63, 3.8) is 0 Å². The molecule has 2 rings (SSSR count). The Morgan fingerprint density at radius 2 is 2.18 bits per heavy atom. The number of rotatable bonds is 5. The number of hydrogen-bond acceptors (Lipinski definition) is 5. The van der Waals surface area contributed by atoms with Crippen molar-refractivity contribution in [2.45, 2.75) is 53.1 Å². The van der Waals surface area contributed by atoms with Crippen LogP contribution in [0.5, 0.6) is 0 Å². The summed E-state index contributed by atoms with van der Waals surface area (Å²) in [5.74, 6) is 1.70. The molecule has 5 nitrogen and oxygen atoms in total. The van der Waals surface area contributed by atoms with Crippen molar-refractivity contribution >= 4 is 11.8 Å². The van der Waals surface area contributed by atoms with E-state index in [0.717, 1.165) is 42.2 Å². The van der Waals surface area contributed by atoms with Gasteiger partial charge in [0.15, 0.2) is 0 Å². The second kappa shape index (κ2) is 7.09. The van der Waals surface area contributed by atoms with Crippen LogP contribution in [0.4, 0.5) is 11.8 Å². The number of aromatic nitrogens is 2. The fraction of sp³-hybridized carbons (Fsp3) is 0.647. The van der Waals surface area contributed by atoms with Crippen LogP contribution in [0.3, 0.4) is 0 Å². The highest BCUT2D eigenvalue weighted by atomic mass is 16.5. The molecule has 5 heteroatoms. The predicted molar refractivity (Wildman–Crippen MR) is 91.6 cm³/mol. The average Bonchev–Trinajstić information content (AvgIpc) is 2.50. The highest BCUT2D eigenvalue weighted by Crippen LogP contribution is 2.27. The quantitative estimate of drug-likeness (QED) is 0.847. The summed E-state index contributed by atoms with van der Waals surface area (Å²) in [5, 5.41) is 3.38. The Labute approximate surface area is 133 Å². The predicted octanol–water partition coefficient (Wildman–Crippen LogP) is 3.09. The fourth-order valence-electron chi connectivity index (χ4n) is 2.55. The van der Waals surface area contributed by atoms with E-state index in [0.29, 0.717) is 18.6 Å². The van der Waals surface area contributed by atoms with E-state index >= 15 is 0 Å². The van der Waals surface area contributed by atoms with Gasteiger partial charge in [-0.05, 0) is 34.1 Å². The molecule has 2 atom stereocenters. The molecule has 0 radical (unpaired) electrons. The van der Waals surface area contributed by atoms with Gasteiger partial charge in [0.1, 0.15) is 5.82 Å². The Kier molecular flexibility index (Phi) is 5.40. The van der Waals surface area contributed by atoms with Crippen molar-refractivity contribution in [3.8, 4) is 0 Å². The molecule has 122 valence electrons. The highest BCUT2D eigenvalue weighted by Gasteiger charge is 2.27. The van der Waals surface area contributed by atoms with Gasteiger partial charge >= 0.3 is 0 Å². The number of anilines is 2. The molecular formula is C17H28N4O. The van der Waals surface area contributed by atoms with Crippen molar-refractivity contribution in [1.82, 2.24) is 9.97 Å². The zero-order chi connectivity index (χ0) is 16.3. The van der Waals surface area contributed by atoms with Gasteiger partial charge in [-0.1, -0.05) is 19.1 Å². The second-order valence-corrected chi connectivity index (χ2v) is 6.17. The van der Waals surface area contributed by atoms with E-state index in [-0.39, 0.29) is 6.04 Å². The fourth-order valence-corrected chi connectivity index (χ4v) is 2.55. The molecule has 0 amide bonds. The monoisotopic (exact) mass is 304 g/mol. The summed E-state index contributed by atoms with van der Waals surface area (Å²) in [6, 6.07) is 0.537. The Morgan fingerprint density at radius 3 is 2.82 bits per heavy atom. The third-order valence-corrected chi connectivity index (χ3v) is 4.32. The zero-order valence-corrected chi connectivity index (χ0v) is 14.4. The number of morpholine rings is 1. The first-order valence-electron chi connectivity index (χ1n) is 8.05. The van der Waals surface area contributed by atoms with Gasteiger partial charge in [0.2, 0.25) is 5.95 Å². The van der Waals surface area contributed by atoms with E-state index in [4.69, 9.17) is 9.72 Å². The lowest BCUT2D eigenvalue weighted by molar-refractivity contribution is 0.103. The molecule has 0 spiro atoms. The van der Waals surface area contributed by atoms with Crippen LogP contribution in [0.25, 0.3) is 0 Å². The topological polar surface area (TPSA) is 50.3 Å². The SMILES string of the molecule is C=C(C)C1COCCN1c1nc(NC(C)CC)nc(C)c1C. The molecule has 2 heterocycles. The number of nitrogens with zero attached hydrogens (tertiary/aromatic N) is 3. The number of ether oxygens (including phenoxy) is 1. The van der Waals surface area contributed by atoms with Crippen molar-refractivity contribution in [2.75, 3.05) is 30.0 Å². The normalized spacial score (nSPS) is 19.9. The molecular weight excluding hydrogens is 276 g/mol. The molecule has 22 heavy (non-hydrogen) atoms. The number of nitrogens with one attached hydrogen (secondary N) is 1. The molecule has 1 aliphatic heterocycles. The largest absolute Gasteiger partial charge is 0.377 e. The van der Waals surface area contributed by atoms with Gasteiger partial charge in [0.25, 0.3) is 0 Å². The van der Waals surface area contributed by atoms with Gasteiger partial charge in [-0.3, -0.25) is 0 Å². The summed E-state index contributed by atoms with van der Waals surface area (Å²) in [5.41, 5.74) is 3.25. The van der Waals surface area contributed by atoms with E-state index in [9.17, 15) is 0 Å². The highest BCUT2D eigenvalue weighted by molar-refractivity contribution is 5.54. The van der Waals surface area contributed by atoms with Crippen LogP contribution >= 0.6 is 0 Å². The Hall–Kier alpha value is -1.62. The van der Waals surface area contributed by atoms with E-state index < -0.39 is 0 Å². The smallest absolute Gasteiger partial charge is 0.225 e. The summed E-state index contributed by atoms with van der Waals surface area (Å²) in [6.07, 6.45) is 1.04. The van der Waals surface area contributed by atoms with Crippen LogP contribution in [0.2, 0.25) is 0 Å². The van der Waals surface area contributed by atoms with Gasteiger partial charge < -0.3 is 15.0 Å². The first-order chi connectivity index (χ1) is 10.4. The van der Waals surface area contributed by atoms with Crippen molar-refractivity contribution in [2.24, 2.45) is 0 Å². The Balaban J connectivity index is 2.37. The maximum absolute atomic E-state index is 5.62. The summed E-state index contributed by atoms with van der Waals surface area (Å²) in [6.45, 7) is 16.8.